The van der Waals surface area contributed by atoms with E-state index in [1.54, 1.807) is 13.1 Å². The predicted octanol–water partition coefficient (Wildman–Crippen LogP) is 1.82. The number of nitrogens with zero attached hydrogens (tertiary/aromatic N) is 3. The highest BCUT2D eigenvalue weighted by molar-refractivity contribution is 9.10. The molecule has 0 N–H and O–H groups in total. The number of aryl methyl sites for hydroxylation is 1. The number of hydrogen-bond donors (Lipinski definition) is 0. The van der Waals surface area contributed by atoms with E-state index in [0.717, 1.165) is 10.0 Å². The highest BCUT2D eigenvalue weighted by atomic mass is 79.9. The molecule has 0 amide bonds. The number of carbonyl (C=O) groups is 2. The Morgan fingerprint density at radius 2 is 2.26 bits per heavy atom. The lowest BCUT2D eigenvalue weighted by Crippen LogP contribution is -2.21. The number of rotatable bonds is 2. The maximum atomic E-state index is 12.3. The second-order valence-corrected chi connectivity index (χ2v) is 5.48. The van der Waals surface area contributed by atoms with Crippen molar-refractivity contribution in [2.45, 2.75) is 6.42 Å². The molecule has 0 aliphatic heterocycles. The van der Waals surface area contributed by atoms with Gasteiger partial charge in [0.1, 0.15) is 5.69 Å². The summed E-state index contributed by atoms with van der Waals surface area (Å²) in [5.41, 5.74) is 1.78. The van der Waals surface area contributed by atoms with Gasteiger partial charge in [0.2, 0.25) is 0 Å². The molecular formula is C13H10BrN3O2. The van der Waals surface area contributed by atoms with Gasteiger partial charge in [0, 0.05) is 17.1 Å². The van der Waals surface area contributed by atoms with E-state index in [1.807, 2.05) is 12.1 Å². The Labute approximate surface area is 117 Å². The van der Waals surface area contributed by atoms with Crippen LogP contribution < -0.4 is 0 Å². The minimum atomic E-state index is -0.666. The molecule has 19 heavy (non-hydrogen) atoms. The van der Waals surface area contributed by atoms with Gasteiger partial charge in [-0.1, -0.05) is 27.2 Å². The number of hydrogen-bond acceptors (Lipinski definition) is 4. The van der Waals surface area contributed by atoms with E-state index in [4.69, 9.17) is 0 Å². The normalized spacial score (nSPS) is 17.6. The van der Waals surface area contributed by atoms with E-state index in [1.165, 1.54) is 10.9 Å². The van der Waals surface area contributed by atoms with E-state index >= 15 is 0 Å². The largest absolute Gasteiger partial charge is 0.293 e. The summed E-state index contributed by atoms with van der Waals surface area (Å²) < 4.78 is 2.29. The number of halogens is 1. The van der Waals surface area contributed by atoms with Crippen molar-refractivity contribution < 1.29 is 9.59 Å². The first-order valence-electron chi connectivity index (χ1n) is 5.79. The van der Waals surface area contributed by atoms with Crippen LogP contribution in [0.2, 0.25) is 0 Å². The summed E-state index contributed by atoms with van der Waals surface area (Å²) in [5, 5.41) is 7.50. The van der Waals surface area contributed by atoms with Crippen LogP contribution >= 0.6 is 15.9 Å². The number of aromatic nitrogens is 3. The molecule has 0 saturated heterocycles. The number of ketones is 2. The van der Waals surface area contributed by atoms with E-state index < -0.39 is 5.92 Å². The minimum absolute atomic E-state index is 0.132. The van der Waals surface area contributed by atoms with Crippen molar-refractivity contribution in [1.29, 1.82) is 0 Å². The van der Waals surface area contributed by atoms with E-state index in [9.17, 15) is 9.59 Å². The summed E-state index contributed by atoms with van der Waals surface area (Å²) in [4.78, 5) is 24.5. The molecule has 1 aliphatic rings. The number of benzene rings is 1. The van der Waals surface area contributed by atoms with E-state index in [0.29, 0.717) is 12.0 Å². The molecule has 0 radical (unpaired) electrons. The number of fused-ring (bicyclic) bond motifs is 1. The molecule has 1 unspecified atom stereocenters. The molecule has 6 heteroatoms. The van der Waals surface area contributed by atoms with Gasteiger partial charge < -0.3 is 0 Å². The fourth-order valence-electron chi connectivity index (χ4n) is 2.31. The summed E-state index contributed by atoms with van der Waals surface area (Å²) in [6.07, 6.45) is 1.98. The van der Waals surface area contributed by atoms with Gasteiger partial charge in [0.05, 0.1) is 12.1 Å². The summed E-state index contributed by atoms with van der Waals surface area (Å²) in [7, 11) is 1.69. The van der Waals surface area contributed by atoms with Crippen LogP contribution in [0.4, 0.5) is 0 Å². The molecule has 1 heterocycles. The number of Topliss-reactive ketones (excluding diaryl/α,β-unsaturated/α-hetero) is 2. The molecule has 0 spiro atoms. The van der Waals surface area contributed by atoms with Crippen molar-refractivity contribution in [3.8, 4) is 0 Å². The highest BCUT2D eigenvalue weighted by Crippen LogP contribution is 2.30. The Morgan fingerprint density at radius 1 is 1.47 bits per heavy atom. The average Bonchev–Trinajstić information content (AvgIpc) is 2.94. The van der Waals surface area contributed by atoms with Crippen molar-refractivity contribution in [3.63, 3.8) is 0 Å². The minimum Gasteiger partial charge on any atom is -0.293 e. The van der Waals surface area contributed by atoms with Crippen LogP contribution in [-0.4, -0.2) is 26.6 Å². The predicted molar refractivity (Wildman–Crippen MR) is 71.0 cm³/mol. The first-order chi connectivity index (χ1) is 9.06. The SMILES string of the molecule is Cn1cc(C(=O)C2Cc3ccc(Br)cc3C2=O)nn1. The topological polar surface area (TPSA) is 64.8 Å². The van der Waals surface area contributed by atoms with Gasteiger partial charge in [0.25, 0.3) is 0 Å². The Kier molecular flexibility index (Phi) is 2.82. The van der Waals surface area contributed by atoms with Crippen LogP contribution in [0.3, 0.4) is 0 Å². The third kappa shape index (κ3) is 2.02. The maximum absolute atomic E-state index is 12.3. The maximum Gasteiger partial charge on any atom is 0.195 e. The van der Waals surface area contributed by atoms with E-state index in [2.05, 4.69) is 26.2 Å². The molecule has 3 rings (SSSR count). The van der Waals surface area contributed by atoms with Crippen molar-refractivity contribution in [2.24, 2.45) is 13.0 Å². The first-order valence-corrected chi connectivity index (χ1v) is 6.59. The van der Waals surface area contributed by atoms with Crippen LogP contribution in [0, 0.1) is 5.92 Å². The molecule has 1 aromatic carbocycles. The summed E-state index contributed by atoms with van der Waals surface area (Å²) in [6.45, 7) is 0. The summed E-state index contributed by atoms with van der Waals surface area (Å²) >= 11 is 3.33. The second-order valence-electron chi connectivity index (χ2n) is 4.56. The fourth-order valence-corrected chi connectivity index (χ4v) is 2.67. The molecule has 5 nitrogen and oxygen atoms in total. The lowest BCUT2D eigenvalue weighted by Gasteiger charge is -2.02. The van der Waals surface area contributed by atoms with Gasteiger partial charge in [0.15, 0.2) is 11.6 Å². The highest BCUT2D eigenvalue weighted by Gasteiger charge is 2.37. The third-order valence-electron chi connectivity index (χ3n) is 3.25. The van der Waals surface area contributed by atoms with Crippen LogP contribution in [0.25, 0.3) is 0 Å². The van der Waals surface area contributed by atoms with Crippen LogP contribution in [0.15, 0.2) is 28.9 Å². The van der Waals surface area contributed by atoms with Gasteiger partial charge in [-0.3, -0.25) is 14.3 Å². The molecule has 0 saturated carbocycles. The van der Waals surface area contributed by atoms with Crippen LogP contribution in [-0.2, 0) is 13.5 Å². The Hall–Kier alpha value is -1.82. The lowest BCUT2D eigenvalue weighted by atomic mass is 9.98. The van der Waals surface area contributed by atoms with Gasteiger partial charge in [-0.05, 0) is 24.1 Å². The van der Waals surface area contributed by atoms with Crippen LogP contribution in [0.1, 0.15) is 26.4 Å². The molecule has 1 atom stereocenters. The van der Waals surface area contributed by atoms with E-state index in [-0.39, 0.29) is 17.3 Å². The summed E-state index contributed by atoms with van der Waals surface area (Å²) in [5.74, 6) is -1.06. The average molecular weight is 320 g/mol. The van der Waals surface area contributed by atoms with Crippen molar-refractivity contribution >= 4 is 27.5 Å². The Bertz CT molecular complexity index is 685. The zero-order valence-electron chi connectivity index (χ0n) is 10.1. The lowest BCUT2D eigenvalue weighted by molar-refractivity contribution is 0.0819. The first kappa shape index (κ1) is 12.2. The molecule has 0 bridgehead atoms. The smallest absolute Gasteiger partial charge is 0.195 e. The van der Waals surface area contributed by atoms with Gasteiger partial charge in [-0.25, -0.2) is 0 Å². The van der Waals surface area contributed by atoms with Crippen molar-refractivity contribution in [3.05, 3.63) is 45.7 Å². The number of carbonyl (C=O) groups excluding carboxylic acids is 2. The summed E-state index contributed by atoms with van der Waals surface area (Å²) in [6, 6.07) is 5.52. The molecular weight excluding hydrogens is 310 g/mol. The fraction of sp³-hybridized carbons (Fsp3) is 0.231. The zero-order valence-corrected chi connectivity index (χ0v) is 11.7. The molecule has 0 fully saturated rings. The van der Waals surface area contributed by atoms with Gasteiger partial charge in [-0.15, -0.1) is 5.10 Å². The van der Waals surface area contributed by atoms with Crippen molar-refractivity contribution in [2.75, 3.05) is 0 Å². The van der Waals surface area contributed by atoms with Crippen LogP contribution in [0.5, 0.6) is 0 Å². The monoisotopic (exact) mass is 319 g/mol. The molecule has 2 aromatic rings. The second kappa shape index (κ2) is 4.38. The third-order valence-corrected chi connectivity index (χ3v) is 3.74. The van der Waals surface area contributed by atoms with Gasteiger partial charge >= 0.3 is 0 Å². The molecule has 1 aliphatic carbocycles. The molecule has 1 aromatic heterocycles. The van der Waals surface area contributed by atoms with Crippen molar-refractivity contribution in [1.82, 2.24) is 15.0 Å². The quantitative estimate of drug-likeness (QED) is 0.625. The molecule has 96 valence electrons. The Morgan fingerprint density at radius 3 is 2.95 bits per heavy atom. The van der Waals surface area contributed by atoms with Gasteiger partial charge in [-0.2, -0.15) is 0 Å². The Balaban J connectivity index is 1.94. The standard InChI is InChI=1S/C13H10BrN3O2/c1-17-6-11(15-16-17)13(19)10-4-7-2-3-8(14)5-9(7)12(10)18/h2-3,5-6,10H,4H2,1H3. The zero-order chi connectivity index (χ0) is 13.6.